The zero-order chi connectivity index (χ0) is 14.4. The van der Waals surface area contributed by atoms with E-state index in [2.05, 4.69) is 5.32 Å². The Kier molecular flexibility index (Phi) is 5.38. The van der Waals surface area contributed by atoms with Crippen molar-refractivity contribution in [2.45, 2.75) is 6.42 Å². The second-order valence-electron chi connectivity index (χ2n) is 4.98. The highest BCUT2D eigenvalue weighted by Crippen LogP contribution is 2.25. The molecule has 0 bridgehead atoms. The number of aliphatic hydroxyl groups is 1. The molecule has 1 aliphatic heterocycles. The molecule has 2 rings (SSSR count). The minimum absolute atomic E-state index is 0.0216. The first-order valence-corrected chi connectivity index (χ1v) is 6.96. The lowest BCUT2D eigenvalue weighted by Crippen LogP contribution is -2.44. The minimum Gasteiger partial charge on any atom is -0.395 e. The Labute approximate surface area is 119 Å². The van der Waals surface area contributed by atoms with Gasteiger partial charge in [-0.1, -0.05) is 18.2 Å². The quantitative estimate of drug-likeness (QED) is 0.805. The zero-order valence-electron chi connectivity index (χ0n) is 11.8. The summed E-state index contributed by atoms with van der Waals surface area (Å²) < 4.78 is 5.02. The lowest BCUT2D eigenvalue weighted by molar-refractivity contribution is -0.136. The Balaban J connectivity index is 2.01. The highest BCUT2D eigenvalue weighted by Gasteiger charge is 2.27. The molecule has 1 amide bonds. The van der Waals surface area contributed by atoms with Crippen molar-refractivity contribution < 1.29 is 14.6 Å². The molecule has 1 atom stereocenters. The van der Waals surface area contributed by atoms with E-state index >= 15 is 0 Å². The average molecular weight is 278 g/mol. The lowest BCUT2D eigenvalue weighted by atomic mass is 9.93. The van der Waals surface area contributed by atoms with E-state index in [0.717, 1.165) is 12.1 Å². The van der Waals surface area contributed by atoms with E-state index in [1.54, 1.807) is 12.0 Å². The number of ether oxygens (including phenoxy) is 1. The van der Waals surface area contributed by atoms with Gasteiger partial charge in [0, 0.05) is 32.4 Å². The van der Waals surface area contributed by atoms with Crippen molar-refractivity contribution in [3.8, 4) is 0 Å². The summed E-state index contributed by atoms with van der Waals surface area (Å²) in [5.41, 5.74) is 2.29. The van der Waals surface area contributed by atoms with Gasteiger partial charge < -0.3 is 20.1 Å². The fraction of sp³-hybridized carbons (Fsp3) is 0.533. The number of nitrogens with zero attached hydrogens (tertiary/aromatic N) is 1. The topological polar surface area (TPSA) is 61.8 Å². The number of methoxy groups -OCH3 is 1. The van der Waals surface area contributed by atoms with Crippen LogP contribution in [0.5, 0.6) is 0 Å². The molecule has 5 nitrogen and oxygen atoms in total. The van der Waals surface area contributed by atoms with Crippen LogP contribution in [-0.4, -0.2) is 55.9 Å². The molecule has 1 aromatic carbocycles. The molecule has 0 radical (unpaired) electrons. The maximum atomic E-state index is 12.5. The van der Waals surface area contributed by atoms with Crippen molar-refractivity contribution in [2.75, 3.05) is 45.3 Å². The number of carbonyl (C=O) groups excluding carboxylic acids is 1. The first-order valence-electron chi connectivity index (χ1n) is 6.96. The van der Waals surface area contributed by atoms with Crippen LogP contribution in [0.2, 0.25) is 0 Å². The molecule has 1 heterocycles. The van der Waals surface area contributed by atoms with Crippen LogP contribution in [0.25, 0.3) is 0 Å². The molecule has 20 heavy (non-hydrogen) atoms. The number of benzene rings is 1. The van der Waals surface area contributed by atoms with Gasteiger partial charge in [-0.15, -0.1) is 0 Å². The molecular weight excluding hydrogens is 256 g/mol. The summed E-state index contributed by atoms with van der Waals surface area (Å²) in [7, 11) is 1.61. The zero-order valence-corrected chi connectivity index (χ0v) is 11.8. The van der Waals surface area contributed by atoms with Crippen molar-refractivity contribution in [3.63, 3.8) is 0 Å². The first kappa shape index (κ1) is 14.8. The van der Waals surface area contributed by atoms with Crippen LogP contribution in [0.1, 0.15) is 5.56 Å². The summed E-state index contributed by atoms with van der Waals surface area (Å²) in [5, 5.41) is 12.4. The SMILES string of the molecule is COCCN(CCO)C(=O)C1CNc2ccccc2C1. The van der Waals surface area contributed by atoms with Gasteiger partial charge in [-0.3, -0.25) is 4.79 Å². The van der Waals surface area contributed by atoms with Crippen LogP contribution in [0, 0.1) is 5.92 Å². The van der Waals surface area contributed by atoms with Gasteiger partial charge in [0.2, 0.25) is 5.91 Å². The van der Waals surface area contributed by atoms with E-state index in [9.17, 15) is 4.79 Å². The number of aliphatic hydroxyl groups excluding tert-OH is 1. The van der Waals surface area contributed by atoms with Gasteiger partial charge in [0.1, 0.15) is 0 Å². The van der Waals surface area contributed by atoms with Crippen LogP contribution in [0.4, 0.5) is 5.69 Å². The molecule has 110 valence electrons. The van der Waals surface area contributed by atoms with Crippen molar-refractivity contribution >= 4 is 11.6 Å². The van der Waals surface area contributed by atoms with Gasteiger partial charge in [-0.05, 0) is 18.1 Å². The van der Waals surface area contributed by atoms with Gasteiger partial charge in [0.05, 0.1) is 19.1 Å². The summed E-state index contributed by atoms with van der Waals surface area (Å²) >= 11 is 0. The maximum absolute atomic E-state index is 12.5. The van der Waals surface area contributed by atoms with Crippen molar-refractivity contribution in [1.29, 1.82) is 0 Å². The Bertz CT molecular complexity index is 450. The molecule has 0 aliphatic carbocycles. The number of hydrogen-bond acceptors (Lipinski definition) is 4. The molecule has 0 spiro atoms. The molecule has 0 saturated carbocycles. The van der Waals surface area contributed by atoms with E-state index in [-0.39, 0.29) is 18.4 Å². The van der Waals surface area contributed by atoms with Crippen molar-refractivity contribution in [3.05, 3.63) is 29.8 Å². The highest BCUT2D eigenvalue weighted by molar-refractivity contribution is 5.81. The maximum Gasteiger partial charge on any atom is 0.227 e. The Morgan fingerprint density at radius 1 is 1.45 bits per heavy atom. The summed E-state index contributed by atoms with van der Waals surface area (Å²) in [4.78, 5) is 14.2. The Morgan fingerprint density at radius 3 is 3.00 bits per heavy atom. The van der Waals surface area contributed by atoms with Gasteiger partial charge in [0.15, 0.2) is 0 Å². The summed E-state index contributed by atoms with van der Waals surface area (Å²) in [6.45, 7) is 1.99. The molecule has 0 saturated heterocycles. The minimum atomic E-state index is -0.0756. The predicted molar refractivity (Wildman–Crippen MR) is 77.7 cm³/mol. The number of fused-ring (bicyclic) bond motifs is 1. The van der Waals surface area contributed by atoms with E-state index in [0.29, 0.717) is 26.2 Å². The van der Waals surface area contributed by atoms with Crippen molar-refractivity contribution in [2.24, 2.45) is 5.92 Å². The number of nitrogens with one attached hydrogen (secondary N) is 1. The lowest BCUT2D eigenvalue weighted by Gasteiger charge is -2.30. The molecule has 2 N–H and O–H groups in total. The normalized spacial score (nSPS) is 17.2. The van der Waals surface area contributed by atoms with E-state index in [4.69, 9.17) is 9.84 Å². The molecule has 0 fully saturated rings. The average Bonchev–Trinajstić information content (AvgIpc) is 2.50. The number of amides is 1. The Morgan fingerprint density at radius 2 is 2.25 bits per heavy atom. The molecule has 0 aromatic heterocycles. The largest absolute Gasteiger partial charge is 0.395 e. The van der Waals surface area contributed by atoms with E-state index < -0.39 is 0 Å². The Hall–Kier alpha value is -1.59. The molecule has 1 aliphatic rings. The number of rotatable bonds is 6. The van der Waals surface area contributed by atoms with Gasteiger partial charge in [-0.25, -0.2) is 0 Å². The third kappa shape index (κ3) is 3.49. The van der Waals surface area contributed by atoms with Gasteiger partial charge >= 0.3 is 0 Å². The molecule has 5 heteroatoms. The number of hydrogen-bond donors (Lipinski definition) is 2. The fourth-order valence-electron chi connectivity index (χ4n) is 2.53. The summed E-state index contributed by atoms with van der Waals surface area (Å²) in [6.07, 6.45) is 0.747. The van der Waals surface area contributed by atoms with Crippen LogP contribution in [0.15, 0.2) is 24.3 Å². The number of para-hydroxylation sites is 1. The third-order valence-corrected chi connectivity index (χ3v) is 3.62. The van der Waals surface area contributed by atoms with Crippen molar-refractivity contribution in [1.82, 2.24) is 4.90 Å². The van der Waals surface area contributed by atoms with E-state index in [1.807, 2.05) is 24.3 Å². The number of anilines is 1. The van der Waals surface area contributed by atoms with Crippen LogP contribution >= 0.6 is 0 Å². The first-order chi connectivity index (χ1) is 9.76. The second kappa shape index (κ2) is 7.26. The summed E-state index contributed by atoms with van der Waals surface area (Å²) in [5.74, 6) is 0.00593. The van der Waals surface area contributed by atoms with E-state index in [1.165, 1.54) is 5.56 Å². The second-order valence-corrected chi connectivity index (χ2v) is 4.98. The molecule has 1 aromatic rings. The summed E-state index contributed by atoms with van der Waals surface area (Å²) in [6, 6.07) is 8.06. The van der Waals surface area contributed by atoms with Crippen LogP contribution in [-0.2, 0) is 16.0 Å². The van der Waals surface area contributed by atoms with Crippen LogP contribution in [0.3, 0.4) is 0 Å². The smallest absolute Gasteiger partial charge is 0.227 e. The van der Waals surface area contributed by atoms with Crippen LogP contribution < -0.4 is 5.32 Å². The standard InChI is InChI=1S/C15H22N2O3/c1-20-9-7-17(6-8-18)15(19)13-10-12-4-2-3-5-14(12)16-11-13/h2-5,13,16,18H,6-11H2,1H3. The predicted octanol–water partition coefficient (Wildman–Crippen LogP) is 0.738. The number of carbonyl (C=O) groups is 1. The fourth-order valence-corrected chi connectivity index (χ4v) is 2.53. The monoisotopic (exact) mass is 278 g/mol. The molecule has 1 unspecified atom stereocenters. The highest BCUT2D eigenvalue weighted by atomic mass is 16.5. The van der Waals surface area contributed by atoms with Gasteiger partial charge in [-0.2, -0.15) is 0 Å². The molecular formula is C15H22N2O3. The third-order valence-electron chi connectivity index (χ3n) is 3.62. The van der Waals surface area contributed by atoms with Gasteiger partial charge in [0.25, 0.3) is 0 Å².